The first-order valence-electron chi connectivity index (χ1n) is 11.6. The molecule has 0 unspecified atom stereocenters. The number of carbonyl (C=O) groups is 2. The van der Waals surface area contributed by atoms with Crippen molar-refractivity contribution in [1.82, 2.24) is 0 Å². The van der Waals surface area contributed by atoms with Crippen LogP contribution >= 0.6 is 10.8 Å². The Morgan fingerprint density at radius 3 is 1.69 bits per heavy atom. The van der Waals surface area contributed by atoms with Crippen LogP contribution in [-0.2, 0) is 18.3 Å². The number of carbonyl (C=O) groups excluding carboxylic acids is 2. The Kier molecular flexibility index (Phi) is 9.12. The lowest BCUT2D eigenvalue weighted by Crippen LogP contribution is -2.29. The molecule has 0 aliphatic rings. The van der Waals surface area contributed by atoms with E-state index < -0.39 is 32.3 Å². The minimum absolute atomic E-state index is 0.0875. The molecule has 2 aromatic rings. The fourth-order valence-electron chi connectivity index (χ4n) is 3.03. The molecule has 0 aliphatic heterocycles. The minimum atomic E-state index is -3.76. The molecule has 0 radical (unpaired) electrons. The van der Waals surface area contributed by atoms with Gasteiger partial charge >= 0.3 is 12.2 Å². The van der Waals surface area contributed by atoms with Gasteiger partial charge in [-0.2, -0.15) is 0 Å². The van der Waals surface area contributed by atoms with E-state index >= 15 is 0 Å². The molecule has 10 heteroatoms. The third-order valence-corrected chi connectivity index (χ3v) is 7.93. The summed E-state index contributed by atoms with van der Waals surface area (Å²) in [5.74, 6) is -0.0875. The van der Waals surface area contributed by atoms with Crippen molar-refractivity contribution in [3.05, 3.63) is 47.5 Å². The number of hydrogen-bond donors (Lipinski definition) is 2. The zero-order valence-corrected chi connectivity index (χ0v) is 23.9. The second kappa shape index (κ2) is 11.1. The number of aryl methyl sites for hydroxylation is 1. The first-order valence-corrected chi connectivity index (χ1v) is 14.4. The summed E-state index contributed by atoms with van der Waals surface area (Å²) >= 11 is 0. The molecule has 0 spiro atoms. The molecule has 2 aromatic carbocycles. The van der Waals surface area contributed by atoms with Gasteiger partial charge in [0.2, 0.25) is 8.87 Å². The van der Waals surface area contributed by atoms with Crippen LogP contribution in [0.2, 0.25) is 0 Å². The largest absolute Gasteiger partial charge is 0.444 e. The van der Waals surface area contributed by atoms with Gasteiger partial charge in [0.15, 0.2) is 0 Å². The topological polar surface area (TPSA) is 111 Å². The van der Waals surface area contributed by atoms with E-state index in [1.165, 1.54) is 6.07 Å². The SMILES string of the molecule is Cc1ccc(S(=O)(=O)Sc2cc(NC(=O)OC(C)(C)C)c(NC(=O)OC(C)(C)C)cc2C(C)C)cc1. The van der Waals surface area contributed by atoms with Gasteiger partial charge < -0.3 is 9.47 Å². The highest BCUT2D eigenvalue weighted by molar-refractivity contribution is 8.72. The van der Waals surface area contributed by atoms with Crippen LogP contribution < -0.4 is 10.6 Å². The fraction of sp³-hybridized carbons (Fsp3) is 0.462. The first kappa shape index (κ1) is 29.5. The van der Waals surface area contributed by atoms with E-state index in [1.807, 2.05) is 20.8 Å². The normalized spacial score (nSPS) is 12.3. The summed E-state index contributed by atoms with van der Waals surface area (Å²) in [5.41, 5.74) is 0.575. The van der Waals surface area contributed by atoms with Crippen LogP contribution in [0.4, 0.5) is 21.0 Å². The highest BCUT2D eigenvalue weighted by Gasteiger charge is 2.25. The Hall–Kier alpha value is -2.72. The van der Waals surface area contributed by atoms with Crippen molar-refractivity contribution in [3.8, 4) is 0 Å². The molecule has 8 nitrogen and oxygen atoms in total. The Morgan fingerprint density at radius 2 is 1.28 bits per heavy atom. The summed E-state index contributed by atoms with van der Waals surface area (Å²) in [7, 11) is -3.07. The number of amides is 2. The van der Waals surface area contributed by atoms with Crippen LogP contribution in [0.5, 0.6) is 0 Å². The zero-order chi connectivity index (χ0) is 27.5. The molecule has 198 valence electrons. The van der Waals surface area contributed by atoms with Crippen molar-refractivity contribution in [2.24, 2.45) is 0 Å². The first-order chi connectivity index (χ1) is 16.4. The molecule has 0 heterocycles. The van der Waals surface area contributed by atoms with Crippen molar-refractivity contribution in [2.45, 2.75) is 89.2 Å². The van der Waals surface area contributed by atoms with Crippen LogP contribution in [0.25, 0.3) is 0 Å². The van der Waals surface area contributed by atoms with E-state index in [2.05, 4.69) is 10.6 Å². The van der Waals surface area contributed by atoms with E-state index in [4.69, 9.17) is 9.47 Å². The minimum Gasteiger partial charge on any atom is -0.444 e. The summed E-state index contributed by atoms with van der Waals surface area (Å²) in [6.07, 6.45) is -1.46. The van der Waals surface area contributed by atoms with Crippen molar-refractivity contribution in [3.63, 3.8) is 0 Å². The molecule has 0 saturated heterocycles. The van der Waals surface area contributed by atoms with Crippen molar-refractivity contribution < 1.29 is 27.5 Å². The second-order valence-corrected chi connectivity index (χ2v) is 14.5. The summed E-state index contributed by atoms with van der Waals surface area (Å²) in [6.45, 7) is 16.1. The quantitative estimate of drug-likeness (QED) is 0.373. The molecule has 0 aromatic heterocycles. The van der Waals surface area contributed by atoms with Crippen LogP contribution in [0.1, 0.15) is 72.4 Å². The molecular weight excluding hydrogens is 500 g/mol. The Morgan fingerprint density at radius 1 is 0.833 bits per heavy atom. The average Bonchev–Trinajstić information content (AvgIpc) is 2.66. The van der Waals surface area contributed by atoms with Crippen LogP contribution in [0.15, 0.2) is 46.2 Å². The maximum absolute atomic E-state index is 13.2. The van der Waals surface area contributed by atoms with E-state index in [9.17, 15) is 18.0 Å². The number of hydrogen-bond acceptors (Lipinski definition) is 7. The van der Waals surface area contributed by atoms with Crippen molar-refractivity contribution >= 4 is 43.2 Å². The summed E-state index contributed by atoms with van der Waals surface area (Å²) in [4.78, 5) is 25.7. The summed E-state index contributed by atoms with van der Waals surface area (Å²) < 4.78 is 37.1. The molecule has 0 fully saturated rings. The lowest BCUT2D eigenvalue weighted by atomic mass is 10.0. The fourth-order valence-corrected chi connectivity index (χ4v) is 6.15. The maximum Gasteiger partial charge on any atom is 0.412 e. The van der Waals surface area contributed by atoms with Gasteiger partial charge in [-0.3, -0.25) is 10.6 Å². The number of anilines is 2. The van der Waals surface area contributed by atoms with Gasteiger partial charge in [0.05, 0.1) is 16.3 Å². The van der Waals surface area contributed by atoms with Crippen LogP contribution in [-0.4, -0.2) is 31.8 Å². The second-order valence-electron chi connectivity index (χ2n) is 10.7. The highest BCUT2D eigenvalue weighted by atomic mass is 33.1. The number of rotatable bonds is 6. The molecule has 0 bridgehead atoms. The third-order valence-electron chi connectivity index (χ3n) is 4.55. The van der Waals surface area contributed by atoms with Gasteiger partial charge in [0.1, 0.15) is 11.2 Å². The van der Waals surface area contributed by atoms with Gasteiger partial charge in [0, 0.05) is 15.7 Å². The summed E-state index contributed by atoms with van der Waals surface area (Å²) in [6, 6.07) is 9.77. The molecule has 36 heavy (non-hydrogen) atoms. The predicted molar refractivity (Wildman–Crippen MR) is 144 cm³/mol. The van der Waals surface area contributed by atoms with Gasteiger partial charge in [-0.1, -0.05) is 31.5 Å². The van der Waals surface area contributed by atoms with Crippen LogP contribution in [0, 0.1) is 6.92 Å². The molecule has 0 atom stereocenters. The average molecular weight is 537 g/mol. The molecule has 2 amide bonds. The lowest BCUT2D eigenvalue weighted by molar-refractivity contribution is 0.0620. The number of ether oxygens (including phenoxy) is 2. The lowest BCUT2D eigenvalue weighted by Gasteiger charge is -2.23. The Labute approximate surface area is 217 Å². The molecular formula is C26H36N2O6S2. The van der Waals surface area contributed by atoms with Gasteiger partial charge in [0.25, 0.3) is 0 Å². The smallest absolute Gasteiger partial charge is 0.412 e. The zero-order valence-electron chi connectivity index (χ0n) is 22.3. The Balaban J connectivity index is 2.56. The monoisotopic (exact) mass is 536 g/mol. The number of nitrogens with one attached hydrogen (secondary N) is 2. The highest BCUT2D eigenvalue weighted by Crippen LogP contribution is 2.41. The van der Waals surface area contributed by atoms with Crippen LogP contribution in [0.3, 0.4) is 0 Å². The predicted octanol–water partition coefficient (Wildman–Crippen LogP) is 7.29. The molecule has 2 rings (SSSR count). The standard InChI is InChI=1S/C26H36N2O6S2/c1-16(2)19-14-20(27-23(29)33-25(4,5)6)21(28-24(30)34-26(7,8)9)15-22(19)35-36(31,32)18-12-10-17(3)11-13-18/h10-16H,1-9H3,(H,27,29)(H,28,30). The maximum atomic E-state index is 13.2. The molecule has 0 aliphatic carbocycles. The van der Waals surface area contributed by atoms with E-state index in [0.717, 1.165) is 5.56 Å². The summed E-state index contributed by atoms with van der Waals surface area (Å²) in [5, 5.41) is 5.30. The number of benzene rings is 2. The van der Waals surface area contributed by atoms with Gasteiger partial charge in [-0.05, 0) is 84.2 Å². The molecule has 2 N–H and O–H groups in total. The van der Waals surface area contributed by atoms with Gasteiger partial charge in [-0.15, -0.1) is 0 Å². The molecule has 0 saturated carbocycles. The van der Waals surface area contributed by atoms with Gasteiger partial charge in [-0.25, -0.2) is 18.0 Å². The van der Waals surface area contributed by atoms with E-state index in [0.29, 0.717) is 21.3 Å². The van der Waals surface area contributed by atoms with E-state index in [-0.39, 0.29) is 22.2 Å². The van der Waals surface area contributed by atoms with Crippen molar-refractivity contribution in [2.75, 3.05) is 10.6 Å². The Bertz CT molecular complexity index is 1210. The van der Waals surface area contributed by atoms with Crippen molar-refractivity contribution in [1.29, 1.82) is 0 Å². The van der Waals surface area contributed by atoms with E-state index in [1.54, 1.807) is 71.9 Å². The third kappa shape index (κ3) is 9.05.